The van der Waals surface area contributed by atoms with Crippen molar-refractivity contribution >= 4 is 65.5 Å². The molecule has 1 amide bonds. The van der Waals surface area contributed by atoms with E-state index in [9.17, 15) is 13.2 Å². The third kappa shape index (κ3) is 4.64. The molecule has 4 aromatic rings. The smallest absolute Gasteiger partial charge is 0.263 e. The quantitative estimate of drug-likeness (QED) is 0.350. The summed E-state index contributed by atoms with van der Waals surface area (Å²) in [5.74, 6) is 0.458. The summed E-state index contributed by atoms with van der Waals surface area (Å²) in [7, 11) is -3.07. The van der Waals surface area contributed by atoms with Gasteiger partial charge in [-0.2, -0.15) is 4.98 Å². The lowest BCUT2D eigenvalue weighted by molar-refractivity contribution is 0.0949. The summed E-state index contributed by atoms with van der Waals surface area (Å²) in [5, 5.41) is 6.80. The summed E-state index contributed by atoms with van der Waals surface area (Å²) in [4.78, 5) is 33.0. The standard InChI is InChI=1S/C24H24ClN7O4S2/c1-12-7-26-20-18-16(37-21(20)22(33)29-12)4-3-15-19(18)27-9-17(30-15)36-23-14(8-28-24(25)31-23)11-32-5-6-38(34,35)13(2)10-32/h3-4,8-9,12-13,26H,5-7,10-11H2,1-2H3,(H,29,33)/t12-,13?/m1/s1. The number of amides is 1. The Morgan fingerprint density at radius 3 is 2.87 bits per heavy atom. The largest absolute Gasteiger partial charge is 0.418 e. The minimum absolute atomic E-state index is 0.00430. The van der Waals surface area contributed by atoms with Crippen molar-refractivity contribution in [1.82, 2.24) is 30.2 Å². The number of hydrogen-bond donors (Lipinski definition) is 2. The van der Waals surface area contributed by atoms with Gasteiger partial charge >= 0.3 is 0 Å². The molecule has 1 saturated heterocycles. The van der Waals surface area contributed by atoms with E-state index in [0.717, 1.165) is 15.8 Å². The predicted molar refractivity (Wildman–Crippen MR) is 146 cm³/mol. The van der Waals surface area contributed by atoms with Gasteiger partial charge in [-0.3, -0.25) is 9.69 Å². The third-order valence-corrected chi connectivity index (χ3v) is 10.2. The van der Waals surface area contributed by atoms with Gasteiger partial charge in [0, 0.05) is 54.1 Å². The fraction of sp³-hybridized carbons (Fsp3) is 0.375. The maximum Gasteiger partial charge on any atom is 0.263 e. The van der Waals surface area contributed by atoms with Crippen LogP contribution in [0, 0.1) is 0 Å². The normalized spacial score (nSPS) is 21.5. The first-order chi connectivity index (χ1) is 18.2. The second kappa shape index (κ2) is 9.56. The van der Waals surface area contributed by atoms with E-state index in [-0.39, 0.29) is 34.7 Å². The SMILES string of the molecule is CC1CN(Cc2cnc(Cl)nc2Oc2cnc3c(ccc4sc5c(c43)NC[C@@H](C)NC5=O)n2)CCS1(=O)=O. The lowest BCUT2D eigenvalue weighted by Crippen LogP contribution is -2.45. The zero-order chi connectivity index (χ0) is 26.6. The number of benzene rings is 1. The van der Waals surface area contributed by atoms with Crippen LogP contribution in [0.25, 0.3) is 21.1 Å². The third-order valence-electron chi connectivity index (χ3n) is 6.72. The molecule has 38 heavy (non-hydrogen) atoms. The van der Waals surface area contributed by atoms with Crippen LogP contribution in [0.2, 0.25) is 5.28 Å². The Balaban J connectivity index is 1.32. The number of ether oxygens (including phenoxy) is 1. The van der Waals surface area contributed by atoms with E-state index in [2.05, 4.69) is 30.6 Å². The van der Waals surface area contributed by atoms with Crippen LogP contribution < -0.4 is 15.4 Å². The summed E-state index contributed by atoms with van der Waals surface area (Å²) >= 11 is 7.48. The fourth-order valence-corrected chi connectivity index (χ4v) is 7.26. The van der Waals surface area contributed by atoms with Gasteiger partial charge in [0.2, 0.25) is 17.0 Å². The molecule has 0 spiro atoms. The maximum atomic E-state index is 12.7. The molecule has 0 bridgehead atoms. The number of rotatable bonds is 4. The molecule has 2 aliphatic rings. The Morgan fingerprint density at radius 1 is 1.21 bits per heavy atom. The van der Waals surface area contributed by atoms with Crippen molar-refractivity contribution in [2.24, 2.45) is 0 Å². The first-order valence-corrected chi connectivity index (χ1v) is 15.0. The Bertz CT molecular complexity index is 1690. The van der Waals surface area contributed by atoms with Crippen molar-refractivity contribution < 1.29 is 17.9 Å². The second-order valence-corrected chi connectivity index (χ2v) is 13.5. The van der Waals surface area contributed by atoms with Gasteiger partial charge in [-0.25, -0.2) is 23.4 Å². The number of nitrogens with one attached hydrogen (secondary N) is 2. The number of hydrogen-bond acceptors (Lipinski definition) is 11. The van der Waals surface area contributed by atoms with E-state index in [0.29, 0.717) is 47.7 Å². The minimum Gasteiger partial charge on any atom is -0.418 e. The van der Waals surface area contributed by atoms with Crippen molar-refractivity contribution in [3.05, 3.63) is 40.3 Å². The zero-order valence-electron chi connectivity index (χ0n) is 20.6. The lowest BCUT2D eigenvalue weighted by Gasteiger charge is -2.30. The number of aromatic nitrogens is 4. The van der Waals surface area contributed by atoms with Crippen LogP contribution in [0.15, 0.2) is 24.5 Å². The Morgan fingerprint density at radius 2 is 2.05 bits per heavy atom. The van der Waals surface area contributed by atoms with Gasteiger partial charge in [-0.05, 0) is 37.6 Å². The number of carbonyl (C=O) groups excluding carboxylic acids is 1. The zero-order valence-corrected chi connectivity index (χ0v) is 23.0. The van der Waals surface area contributed by atoms with Gasteiger partial charge < -0.3 is 15.4 Å². The number of sulfone groups is 1. The van der Waals surface area contributed by atoms with Crippen LogP contribution in [0.4, 0.5) is 5.69 Å². The monoisotopic (exact) mass is 573 g/mol. The van der Waals surface area contributed by atoms with Crippen LogP contribution >= 0.6 is 22.9 Å². The van der Waals surface area contributed by atoms with Gasteiger partial charge in [-0.1, -0.05) is 0 Å². The lowest BCUT2D eigenvalue weighted by atomic mass is 10.1. The van der Waals surface area contributed by atoms with Gasteiger partial charge in [0.05, 0.1) is 33.9 Å². The van der Waals surface area contributed by atoms with Crippen LogP contribution in [0.5, 0.6) is 11.8 Å². The van der Waals surface area contributed by atoms with E-state index >= 15 is 0 Å². The molecule has 5 heterocycles. The summed E-state index contributed by atoms with van der Waals surface area (Å²) < 4.78 is 31.2. The molecule has 198 valence electrons. The average molecular weight is 574 g/mol. The molecule has 1 unspecified atom stereocenters. The van der Waals surface area contributed by atoms with Crippen molar-refractivity contribution in [2.45, 2.75) is 31.7 Å². The molecular formula is C24H24ClN7O4S2. The molecule has 0 saturated carbocycles. The van der Waals surface area contributed by atoms with E-state index in [4.69, 9.17) is 16.3 Å². The molecule has 14 heteroatoms. The van der Waals surface area contributed by atoms with Crippen molar-refractivity contribution in [1.29, 1.82) is 0 Å². The van der Waals surface area contributed by atoms with Gasteiger partial charge in [0.15, 0.2) is 9.84 Å². The average Bonchev–Trinajstić information content (AvgIpc) is 3.19. The molecule has 0 aliphatic carbocycles. The van der Waals surface area contributed by atoms with Crippen molar-refractivity contribution in [3.63, 3.8) is 0 Å². The Labute approximate surface area is 227 Å². The van der Waals surface area contributed by atoms with Crippen molar-refractivity contribution in [2.75, 3.05) is 30.7 Å². The number of fused-ring (bicyclic) bond motifs is 5. The van der Waals surface area contributed by atoms with Gasteiger partial charge in [-0.15, -0.1) is 11.3 Å². The van der Waals surface area contributed by atoms with E-state index in [1.165, 1.54) is 17.5 Å². The highest BCUT2D eigenvalue weighted by molar-refractivity contribution is 7.92. The molecule has 3 aromatic heterocycles. The Kier molecular flexibility index (Phi) is 6.33. The Hall–Kier alpha value is -3.13. The van der Waals surface area contributed by atoms with Gasteiger partial charge in [0.1, 0.15) is 4.88 Å². The minimum atomic E-state index is -3.07. The predicted octanol–water partition coefficient (Wildman–Crippen LogP) is 3.24. The van der Waals surface area contributed by atoms with Crippen LogP contribution in [0.3, 0.4) is 0 Å². The van der Waals surface area contributed by atoms with E-state index in [1.807, 2.05) is 24.0 Å². The number of nitrogens with zero attached hydrogens (tertiary/aromatic N) is 5. The highest BCUT2D eigenvalue weighted by Gasteiger charge is 2.30. The van der Waals surface area contributed by atoms with Gasteiger partial charge in [0.25, 0.3) is 5.91 Å². The molecule has 2 aliphatic heterocycles. The van der Waals surface area contributed by atoms with Crippen LogP contribution in [-0.4, -0.2) is 75.8 Å². The van der Waals surface area contributed by atoms with E-state index in [1.54, 1.807) is 13.1 Å². The molecule has 1 fully saturated rings. The number of anilines is 1. The number of halogens is 1. The molecule has 11 nitrogen and oxygen atoms in total. The van der Waals surface area contributed by atoms with Crippen molar-refractivity contribution in [3.8, 4) is 11.8 Å². The first-order valence-electron chi connectivity index (χ1n) is 12.1. The summed E-state index contributed by atoms with van der Waals surface area (Å²) in [6.45, 7) is 5.50. The molecular weight excluding hydrogens is 550 g/mol. The molecule has 1 aromatic carbocycles. The fourth-order valence-electron chi connectivity index (χ4n) is 4.70. The second-order valence-electron chi connectivity index (χ2n) is 9.56. The maximum absolute atomic E-state index is 12.7. The number of carbonyl (C=O) groups is 1. The highest BCUT2D eigenvalue weighted by Crippen LogP contribution is 2.40. The van der Waals surface area contributed by atoms with Crippen LogP contribution in [-0.2, 0) is 16.4 Å². The first kappa shape index (κ1) is 25.2. The number of thiophene rings is 1. The molecule has 2 atom stereocenters. The topological polar surface area (TPSA) is 139 Å². The summed E-state index contributed by atoms with van der Waals surface area (Å²) in [5.41, 5.74) is 2.69. The molecule has 0 radical (unpaired) electrons. The van der Waals surface area contributed by atoms with E-state index < -0.39 is 15.1 Å². The highest BCUT2D eigenvalue weighted by atomic mass is 35.5. The van der Waals surface area contributed by atoms with Crippen LogP contribution in [0.1, 0.15) is 29.1 Å². The molecule has 2 N–H and O–H groups in total. The summed E-state index contributed by atoms with van der Waals surface area (Å²) in [6.07, 6.45) is 3.09. The molecule has 6 rings (SSSR count). The summed E-state index contributed by atoms with van der Waals surface area (Å²) in [6, 6.07) is 3.77.